The van der Waals surface area contributed by atoms with Gasteiger partial charge < -0.3 is 10.1 Å². The van der Waals surface area contributed by atoms with E-state index >= 15 is 0 Å². The number of nitriles is 1. The molecule has 0 saturated heterocycles. The van der Waals surface area contributed by atoms with Crippen LogP contribution in [-0.2, 0) is 13.1 Å². The zero-order chi connectivity index (χ0) is 20.4. The first kappa shape index (κ1) is 20.5. The van der Waals surface area contributed by atoms with Crippen LogP contribution in [0, 0.1) is 11.3 Å². The summed E-state index contributed by atoms with van der Waals surface area (Å²) in [6.45, 7) is 1.82. The van der Waals surface area contributed by atoms with Gasteiger partial charge in [-0.15, -0.1) is 0 Å². The molecule has 29 heavy (non-hydrogen) atoms. The van der Waals surface area contributed by atoms with E-state index in [1.165, 1.54) is 11.1 Å². The third-order valence-corrected chi connectivity index (χ3v) is 6.52. The number of carbonyl (C=O) groups is 1. The SMILES string of the molecule is N#Cc1ccc(OC2CCC(NC(=O)c3ccc4c(c3)CN(I)C4)CC2)cc1Cl. The Hall–Kier alpha value is -1.82. The second kappa shape index (κ2) is 8.90. The lowest BCUT2D eigenvalue weighted by Crippen LogP contribution is -2.39. The van der Waals surface area contributed by atoms with Gasteiger partial charge in [-0.1, -0.05) is 17.7 Å². The second-order valence-electron chi connectivity index (χ2n) is 7.58. The van der Waals surface area contributed by atoms with Gasteiger partial charge in [0.05, 0.1) is 16.7 Å². The van der Waals surface area contributed by atoms with Crippen molar-refractivity contribution in [2.24, 2.45) is 0 Å². The topological polar surface area (TPSA) is 65.4 Å². The van der Waals surface area contributed by atoms with Gasteiger partial charge in [0.25, 0.3) is 5.91 Å². The molecular formula is C22H21ClIN3O2. The average Bonchev–Trinajstić information content (AvgIpc) is 3.09. The van der Waals surface area contributed by atoms with Crippen LogP contribution in [-0.4, -0.2) is 21.2 Å². The van der Waals surface area contributed by atoms with Crippen LogP contribution in [0.15, 0.2) is 36.4 Å². The third kappa shape index (κ3) is 4.85. The Balaban J connectivity index is 1.29. The van der Waals surface area contributed by atoms with Gasteiger partial charge in [0.2, 0.25) is 0 Å². The molecule has 2 aromatic carbocycles. The van der Waals surface area contributed by atoms with E-state index in [4.69, 9.17) is 21.6 Å². The monoisotopic (exact) mass is 521 g/mol. The molecule has 1 fully saturated rings. The van der Waals surface area contributed by atoms with Crippen LogP contribution in [0.2, 0.25) is 5.02 Å². The molecule has 1 aliphatic carbocycles. The first-order chi connectivity index (χ1) is 14.0. The summed E-state index contributed by atoms with van der Waals surface area (Å²) in [5.74, 6) is 0.687. The highest BCUT2D eigenvalue weighted by molar-refractivity contribution is 14.1. The quantitative estimate of drug-likeness (QED) is 0.454. The number of ether oxygens (including phenoxy) is 1. The zero-order valence-corrected chi connectivity index (χ0v) is 18.7. The Kier molecular flexibility index (Phi) is 6.28. The molecule has 2 aliphatic rings. The number of nitrogens with one attached hydrogen (secondary N) is 1. The van der Waals surface area contributed by atoms with Gasteiger partial charge in [-0.05, 0) is 61.1 Å². The van der Waals surface area contributed by atoms with Crippen LogP contribution in [0.1, 0.15) is 52.7 Å². The summed E-state index contributed by atoms with van der Waals surface area (Å²) in [6, 6.07) is 13.4. The maximum absolute atomic E-state index is 12.7. The standard InChI is InChI=1S/C22H21ClIN3O2/c23-21-10-20(6-3-15(21)11-25)29-19-7-4-18(5-8-19)26-22(28)14-1-2-16-12-27(24)13-17(16)9-14/h1-3,6,9-10,18-19H,4-5,7-8,12-13H2,(H,26,28). The molecule has 4 rings (SSSR count). The fourth-order valence-electron chi connectivity index (χ4n) is 3.94. The fraction of sp³-hybridized carbons (Fsp3) is 0.364. The first-order valence-corrected chi connectivity index (χ1v) is 11.1. The highest BCUT2D eigenvalue weighted by Gasteiger charge is 2.25. The minimum absolute atomic E-state index is 0.00273. The summed E-state index contributed by atoms with van der Waals surface area (Å²) < 4.78 is 8.24. The number of benzene rings is 2. The van der Waals surface area contributed by atoms with Crippen LogP contribution in [0.4, 0.5) is 0 Å². The smallest absolute Gasteiger partial charge is 0.251 e. The van der Waals surface area contributed by atoms with Crippen molar-refractivity contribution in [3.8, 4) is 11.8 Å². The van der Waals surface area contributed by atoms with Gasteiger partial charge in [0.15, 0.2) is 0 Å². The van der Waals surface area contributed by atoms with Gasteiger partial charge in [0.1, 0.15) is 11.8 Å². The third-order valence-electron chi connectivity index (χ3n) is 5.53. The number of hydrogen-bond acceptors (Lipinski definition) is 4. The molecule has 1 aliphatic heterocycles. The predicted molar refractivity (Wildman–Crippen MR) is 120 cm³/mol. The molecule has 0 unspecified atom stereocenters. The summed E-state index contributed by atoms with van der Waals surface area (Å²) in [7, 11) is 0. The Bertz CT molecular complexity index is 967. The van der Waals surface area contributed by atoms with Gasteiger partial charge in [-0.2, -0.15) is 5.26 Å². The van der Waals surface area contributed by atoms with Crippen LogP contribution in [0.5, 0.6) is 5.75 Å². The van der Waals surface area contributed by atoms with Gasteiger partial charge in [0, 0.05) is 53.6 Å². The Morgan fingerprint density at radius 3 is 2.62 bits per heavy atom. The number of fused-ring (bicyclic) bond motifs is 1. The van der Waals surface area contributed by atoms with Crippen molar-refractivity contribution in [3.63, 3.8) is 0 Å². The molecule has 1 amide bonds. The highest BCUT2D eigenvalue weighted by atomic mass is 127. The number of rotatable bonds is 4. The van der Waals surface area contributed by atoms with E-state index in [2.05, 4.69) is 37.4 Å². The number of carbonyl (C=O) groups excluding carboxylic acids is 1. The average molecular weight is 522 g/mol. The van der Waals surface area contributed by atoms with E-state index in [1.54, 1.807) is 18.2 Å². The van der Waals surface area contributed by atoms with E-state index in [9.17, 15) is 4.79 Å². The maximum Gasteiger partial charge on any atom is 0.251 e. The van der Waals surface area contributed by atoms with E-state index in [0.29, 0.717) is 16.3 Å². The molecule has 7 heteroatoms. The van der Waals surface area contributed by atoms with Gasteiger partial charge in [-0.3, -0.25) is 4.79 Å². The maximum atomic E-state index is 12.7. The van der Waals surface area contributed by atoms with Gasteiger partial charge >= 0.3 is 0 Å². The molecule has 0 aromatic heterocycles. The molecule has 1 N–H and O–H groups in total. The minimum Gasteiger partial charge on any atom is -0.490 e. The van der Waals surface area contributed by atoms with Crippen LogP contribution < -0.4 is 10.1 Å². The highest BCUT2D eigenvalue weighted by Crippen LogP contribution is 2.28. The normalized spacial score (nSPS) is 21.3. The van der Waals surface area contributed by atoms with Crippen LogP contribution >= 0.6 is 34.5 Å². The number of amides is 1. The number of halogens is 2. The zero-order valence-electron chi connectivity index (χ0n) is 15.8. The number of nitrogens with zero attached hydrogens (tertiary/aromatic N) is 2. The molecule has 5 nitrogen and oxygen atoms in total. The lowest BCUT2D eigenvalue weighted by atomic mass is 9.92. The summed E-state index contributed by atoms with van der Waals surface area (Å²) in [6.07, 6.45) is 3.61. The van der Waals surface area contributed by atoms with Crippen LogP contribution in [0.25, 0.3) is 0 Å². The molecule has 1 saturated carbocycles. The van der Waals surface area contributed by atoms with Crippen molar-refractivity contribution < 1.29 is 9.53 Å². The summed E-state index contributed by atoms with van der Waals surface area (Å²) >= 11 is 8.39. The molecule has 150 valence electrons. The molecule has 2 aromatic rings. The van der Waals surface area contributed by atoms with Crippen molar-refractivity contribution in [2.75, 3.05) is 0 Å². The Morgan fingerprint density at radius 2 is 1.90 bits per heavy atom. The molecule has 0 bridgehead atoms. The van der Waals surface area contributed by atoms with Crippen molar-refractivity contribution >= 4 is 40.4 Å². The largest absolute Gasteiger partial charge is 0.490 e. The lowest BCUT2D eigenvalue weighted by molar-refractivity contribution is 0.0894. The van der Waals surface area contributed by atoms with E-state index in [1.807, 2.05) is 18.2 Å². The van der Waals surface area contributed by atoms with Crippen LogP contribution in [0.3, 0.4) is 0 Å². The fourth-order valence-corrected chi connectivity index (χ4v) is 4.89. The minimum atomic E-state index is 0.00273. The van der Waals surface area contributed by atoms with Crippen molar-refractivity contribution in [2.45, 2.75) is 50.9 Å². The second-order valence-corrected chi connectivity index (χ2v) is 9.35. The summed E-state index contributed by atoms with van der Waals surface area (Å²) in [5.41, 5.74) is 3.73. The first-order valence-electron chi connectivity index (χ1n) is 9.71. The van der Waals surface area contributed by atoms with E-state index < -0.39 is 0 Å². The predicted octanol–water partition coefficient (Wildman–Crippen LogP) is 5.00. The molecule has 0 radical (unpaired) electrons. The Morgan fingerprint density at radius 1 is 1.14 bits per heavy atom. The molecular weight excluding hydrogens is 501 g/mol. The number of hydrogen-bond donors (Lipinski definition) is 1. The molecule has 0 atom stereocenters. The van der Waals surface area contributed by atoms with E-state index in [-0.39, 0.29) is 18.1 Å². The van der Waals surface area contributed by atoms with E-state index in [0.717, 1.165) is 44.3 Å². The summed E-state index contributed by atoms with van der Waals surface area (Å²) in [5, 5.41) is 12.5. The summed E-state index contributed by atoms with van der Waals surface area (Å²) in [4.78, 5) is 12.7. The van der Waals surface area contributed by atoms with Gasteiger partial charge in [-0.25, -0.2) is 3.11 Å². The Labute approximate surface area is 189 Å². The lowest BCUT2D eigenvalue weighted by Gasteiger charge is -2.29. The van der Waals surface area contributed by atoms with Crippen molar-refractivity contribution in [1.29, 1.82) is 5.26 Å². The van der Waals surface area contributed by atoms with Crippen molar-refractivity contribution in [1.82, 2.24) is 8.43 Å². The molecule has 1 heterocycles. The van der Waals surface area contributed by atoms with Crippen molar-refractivity contribution in [3.05, 3.63) is 63.7 Å². The molecule has 0 spiro atoms.